The Morgan fingerprint density at radius 3 is 2.64 bits per heavy atom. The van der Waals surface area contributed by atoms with Crippen molar-refractivity contribution in [1.29, 1.82) is 0 Å². The summed E-state index contributed by atoms with van der Waals surface area (Å²) in [5.74, 6) is 0.686. The molecule has 0 atom stereocenters. The first-order valence-electron chi connectivity index (χ1n) is 8.56. The average Bonchev–Trinajstić information content (AvgIpc) is 2.61. The summed E-state index contributed by atoms with van der Waals surface area (Å²) in [5, 5.41) is 22.3. The molecular formula is C19H23N3O3. The number of phenols is 1. The number of aliphatic hydroxyl groups is 1. The van der Waals surface area contributed by atoms with E-state index in [0.717, 1.165) is 18.4 Å². The van der Waals surface area contributed by atoms with Gasteiger partial charge in [-0.1, -0.05) is 18.2 Å². The summed E-state index contributed by atoms with van der Waals surface area (Å²) in [6.07, 6.45) is 4.26. The molecule has 1 aliphatic rings. The molecule has 1 saturated carbocycles. The van der Waals surface area contributed by atoms with Gasteiger partial charge in [-0.2, -0.15) is 0 Å². The fraction of sp³-hybridized carbons (Fsp3) is 0.368. The highest BCUT2D eigenvalue weighted by atomic mass is 16.3. The number of aromatic nitrogens is 1. The van der Waals surface area contributed by atoms with Crippen LogP contribution in [0.3, 0.4) is 0 Å². The summed E-state index contributed by atoms with van der Waals surface area (Å²) in [7, 11) is 0. The maximum atomic E-state index is 12.8. The van der Waals surface area contributed by atoms with Gasteiger partial charge in [0.25, 0.3) is 0 Å². The maximum Gasteiger partial charge on any atom is 0.323 e. The molecule has 25 heavy (non-hydrogen) atoms. The molecule has 132 valence electrons. The van der Waals surface area contributed by atoms with Crippen LogP contribution in [0.2, 0.25) is 0 Å². The minimum Gasteiger partial charge on any atom is -0.508 e. The Bertz CT molecular complexity index is 700. The number of hydrogen-bond donors (Lipinski definition) is 3. The number of anilines is 1. The van der Waals surface area contributed by atoms with Crippen molar-refractivity contribution in [2.24, 2.45) is 0 Å². The van der Waals surface area contributed by atoms with Gasteiger partial charge in [0, 0.05) is 18.8 Å². The molecule has 0 bridgehead atoms. The van der Waals surface area contributed by atoms with E-state index in [2.05, 4.69) is 10.3 Å². The lowest BCUT2D eigenvalue weighted by Crippen LogP contribution is -2.44. The number of hydrogen-bond acceptors (Lipinski definition) is 4. The first-order valence-corrected chi connectivity index (χ1v) is 8.56. The number of nitrogens with one attached hydrogen (secondary N) is 1. The minimum absolute atomic E-state index is 0.0504. The molecule has 0 saturated heterocycles. The molecule has 6 heteroatoms. The minimum atomic E-state index is -0.280. The number of amides is 2. The van der Waals surface area contributed by atoms with Crippen LogP contribution < -0.4 is 5.32 Å². The number of urea groups is 1. The number of aliphatic hydroxyl groups excluding tert-OH is 1. The zero-order valence-corrected chi connectivity index (χ0v) is 14.0. The van der Waals surface area contributed by atoms with Crippen molar-refractivity contribution in [2.75, 3.05) is 5.32 Å². The fourth-order valence-corrected chi connectivity index (χ4v) is 3.21. The van der Waals surface area contributed by atoms with E-state index < -0.39 is 0 Å². The monoisotopic (exact) mass is 341 g/mol. The van der Waals surface area contributed by atoms with E-state index in [1.165, 1.54) is 0 Å². The summed E-state index contributed by atoms with van der Waals surface area (Å²) in [5.41, 5.74) is 0.863. The number of phenolic OH excluding ortho intramolecular Hbond substituents is 1. The Kier molecular flexibility index (Phi) is 5.50. The van der Waals surface area contributed by atoms with Crippen LogP contribution in [-0.2, 0) is 6.54 Å². The van der Waals surface area contributed by atoms with Crippen LogP contribution in [0.4, 0.5) is 10.6 Å². The van der Waals surface area contributed by atoms with Crippen LogP contribution in [0.15, 0.2) is 48.7 Å². The smallest absolute Gasteiger partial charge is 0.323 e. The largest absolute Gasteiger partial charge is 0.508 e. The molecule has 3 rings (SSSR count). The Labute approximate surface area is 147 Å². The second-order valence-corrected chi connectivity index (χ2v) is 6.41. The number of carbonyl (C=O) groups excluding carboxylic acids is 1. The Balaban J connectivity index is 1.76. The van der Waals surface area contributed by atoms with Crippen molar-refractivity contribution < 1.29 is 15.0 Å². The van der Waals surface area contributed by atoms with E-state index in [1.807, 2.05) is 12.1 Å². The first-order chi connectivity index (χ1) is 12.1. The highest BCUT2D eigenvalue weighted by Crippen LogP contribution is 2.26. The van der Waals surface area contributed by atoms with Crippen LogP contribution in [0, 0.1) is 0 Å². The molecule has 1 aromatic carbocycles. The number of rotatable bonds is 4. The summed E-state index contributed by atoms with van der Waals surface area (Å²) >= 11 is 0. The topological polar surface area (TPSA) is 85.7 Å². The summed E-state index contributed by atoms with van der Waals surface area (Å²) in [6, 6.07) is 12.1. The quantitative estimate of drug-likeness (QED) is 0.797. The molecule has 1 aromatic heterocycles. The van der Waals surface area contributed by atoms with Crippen molar-refractivity contribution in [3.8, 4) is 5.75 Å². The number of benzene rings is 1. The van der Waals surface area contributed by atoms with Crippen LogP contribution in [0.25, 0.3) is 0 Å². The summed E-state index contributed by atoms with van der Waals surface area (Å²) in [6.45, 7) is 0.397. The number of aromatic hydroxyl groups is 1. The number of carbonyl (C=O) groups is 1. The third kappa shape index (κ3) is 4.70. The van der Waals surface area contributed by atoms with Gasteiger partial charge < -0.3 is 15.1 Å². The molecule has 0 aliphatic heterocycles. The molecule has 1 aliphatic carbocycles. The Hall–Kier alpha value is -2.60. The molecule has 2 amide bonds. The molecule has 0 radical (unpaired) electrons. The van der Waals surface area contributed by atoms with Crippen LogP contribution in [0.5, 0.6) is 5.75 Å². The van der Waals surface area contributed by atoms with E-state index in [9.17, 15) is 15.0 Å². The molecule has 0 spiro atoms. The van der Waals surface area contributed by atoms with E-state index >= 15 is 0 Å². The van der Waals surface area contributed by atoms with Crippen LogP contribution in [-0.4, -0.2) is 38.3 Å². The van der Waals surface area contributed by atoms with Crippen molar-refractivity contribution >= 4 is 11.8 Å². The normalized spacial score (nSPS) is 20.0. The molecule has 2 aromatic rings. The van der Waals surface area contributed by atoms with Gasteiger partial charge in [0.2, 0.25) is 0 Å². The summed E-state index contributed by atoms with van der Waals surface area (Å²) < 4.78 is 0. The van der Waals surface area contributed by atoms with Gasteiger partial charge in [-0.15, -0.1) is 0 Å². The van der Waals surface area contributed by atoms with Crippen molar-refractivity contribution in [2.45, 2.75) is 44.4 Å². The van der Waals surface area contributed by atoms with Crippen molar-refractivity contribution in [1.82, 2.24) is 9.88 Å². The molecule has 6 nitrogen and oxygen atoms in total. The van der Waals surface area contributed by atoms with E-state index in [4.69, 9.17) is 0 Å². The third-order valence-electron chi connectivity index (χ3n) is 4.53. The first kappa shape index (κ1) is 17.2. The predicted octanol–water partition coefficient (Wildman–Crippen LogP) is 3.12. The van der Waals surface area contributed by atoms with E-state index in [0.29, 0.717) is 25.2 Å². The second-order valence-electron chi connectivity index (χ2n) is 6.41. The zero-order valence-electron chi connectivity index (χ0n) is 14.0. The van der Waals surface area contributed by atoms with Gasteiger partial charge >= 0.3 is 6.03 Å². The Morgan fingerprint density at radius 2 is 1.96 bits per heavy atom. The lowest BCUT2D eigenvalue weighted by atomic mass is 9.92. The SMILES string of the molecule is O=C(Nc1ccccn1)N(Cc1cccc(O)c1)C1CCC(O)CC1. The lowest BCUT2D eigenvalue weighted by molar-refractivity contribution is 0.0849. The summed E-state index contributed by atoms with van der Waals surface area (Å²) in [4.78, 5) is 18.7. The third-order valence-corrected chi connectivity index (χ3v) is 4.53. The van der Waals surface area contributed by atoms with Gasteiger partial charge in [-0.05, 0) is 55.5 Å². The standard InChI is InChI=1S/C19H23N3O3/c23-16-9-7-15(8-10-16)22(13-14-4-3-5-17(24)12-14)19(25)21-18-6-1-2-11-20-18/h1-6,11-12,15-16,23-24H,7-10,13H2,(H,20,21,25). The number of nitrogens with zero attached hydrogens (tertiary/aromatic N) is 2. The molecule has 0 unspecified atom stereocenters. The van der Waals surface area contributed by atoms with Gasteiger partial charge in [0.15, 0.2) is 0 Å². The molecule has 3 N–H and O–H groups in total. The maximum absolute atomic E-state index is 12.8. The number of pyridine rings is 1. The van der Waals surface area contributed by atoms with Gasteiger partial charge in [-0.25, -0.2) is 9.78 Å². The van der Waals surface area contributed by atoms with Gasteiger partial charge in [0.1, 0.15) is 11.6 Å². The molecular weight excluding hydrogens is 318 g/mol. The van der Waals surface area contributed by atoms with Crippen molar-refractivity contribution in [3.63, 3.8) is 0 Å². The van der Waals surface area contributed by atoms with Crippen LogP contribution in [0.1, 0.15) is 31.2 Å². The van der Waals surface area contributed by atoms with E-state index in [1.54, 1.807) is 41.4 Å². The fourth-order valence-electron chi connectivity index (χ4n) is 3.21. The second kappa shape index (κ2) is 7.98. The van der Waals surface area contributed by atoms with Crippen molar-refractivity contribution in [3.05, 3.63) is 54.2 Å². The van der Waals surface area contributed by atoms with Crippen LogP contribution >= 0.6 is 0 Å². The van der Waals surface area contributed by atoms with E-state index in [-0.39, 0.29) is 23.9 Å². The molecule has 1 fully saturated rings. The van der Waals surface area contributed by atoms with Gasteiger partial charge in [0.05, 0.1) is 6.10 Å². The molecule has 1 heterocycles. The Morgan fingerprint density at radius 1 is 1.16 bits per heavy atom. The highest BCUT2D eigenvalue weighted by Gasteiger charge is 2.28. The van der Waals surface area contributed by atoms with Gasteiger partial charge in [-0.3, -0.25) is 5.32 Å². The highest BCUT2D eigenvalue weighted by molar-refractivity contribution is 5.88. The zero-order chi connectivity index (χ0) is 17.6. The lowest BCUT2D eigenvalue weighted by Gasteiger charge is -2.35. The predicted molar refractivity (Wildman–Crippen MR) is 95.2 cm³/mol. The average molecular weight is 341 g/mol.